The van der Waals surface area contributed by atoms with Gasteiger partial charge in [-0.15, -0.1) is 0 Å². The predicted octanol–water partition coefficient (Wildman–Crippen LogP) is 3.64. The molecule has 1 fully saturated rings. The third kappa shape index (κ3) is 3.23. The Kier molecular flexibility index (Phi) is 4.65. The van der Waals surface area contributed by atoms with Gasteiger partial charge in [-0.2, -0.15) is 0 Å². The molecule has 1 rings (SSSR count). The van der Waals surface area contributed by atoms with E-state index in [1.165, 1.54) is 0 Å². The molecule has 0 aromatic carbocycles. The van der Waals surface area contributed by atoms with E-state index in [4.69, 9.17) is 16.3 Å². The van der Waals surface area contributed by atoms with Crippen molar-refractivity contribution < 1.29 is 9.53 Å². The molecule has 0 spiro atoms. The van der Waals surface area contributed by atoms with E-state index in [1.54, 1.807) is 0 Å². The van der Waals surface area contributed by atoms with Crippen LogP contribution in [-0.4, -0.2) is 12.1 Å². The second-order valence-corrected chi connectivity index (χ2v) is 4.90. The van der Waals surface area contributed by atoms with Crippen LogP contribution in [0.3, 0.4) is 0 Å². The van der Waals surface area contributed by atoms with Gasteiger partial charge in [0.25, 0.3) is 0 Å². The normalized spacial score (nSPS) is 23.8. The van der Waals surface area contributed by atoms with Crippen LogP contribution >= 0.6 is 11.6 Å². The van der Waals surface area contributed by atoms with Crippen molar-refractivity contribution in [1.29, 1.82) is 0 Å². The summed E-state index contributed by atoms with van der Waals surface area (Å²) in [6, 6.07) is 0. The Hall–Kier alpha value is -0.500. The van der Waals surface area contributed by atoms with E-state index < -0.39 is 0 Å². The quantitative estimate of drug-likeness (QED) is 0.533. The highest BCUT2D eigenvalue weighted by molar-refractivity contribution is 6.32. The largest absolute Gasteiger partial charge is 0.454 e. The molecule has 1 aliphatic rings. The Morgan fingerprint density at radius 1 is 1.53 bits per heavy atom. The summed E-state index contributed by atoms with van der Waals surface area (Å²) in [5.41, 5.74) is 0.721. The number of allylic oxidation sites excluding steroid dienone is 1. The molecule has 0 aromatic rings. The maximum atomic E-state index is 11.3. The predicted molar refractivity (Wildman–Crippen MR) is 61.7 cm³/mol. The van der Waals surface area contributed by atoms with Gasteiger partial charge in [0, 0.05) is 5.03 Å². The SMILES string of the molecule is CCCC/C(Cl)=C1/C(=O)OC1CC(C)C. The molecule has 1 aliphatic heterocycles. The van der Waals surface area contributed by atoms with Crippen molar-refractivity contribution in [2.24, 2.45) is 5.92 Å². The number of cyclic esters (lactones) is 1. The maximum absolute atomic E-state index is 11.3. The molecule has 1 heterocycles. The van der Waals surface area contributed by atoms with Gasteiger partial charge < -0.3 is 4.74 Å². The highest BCUT2D eigenvalue weighted by atomic mass is 35.5. The molecule has 2 nitrogen and oxygen atoms in total. The summed E-state index contributed by atoms with van der Waals surface area (Å²) in [6.07, 6.45) is 3.75. The van der Waals surface area contributed by atoms with Crippen molar-refractivity contribution in [3.8, 4) is 0 Å². The Morgan fingerprint density at radius 3 is 2.67 bits per heavy atom. The number of esters is 1. The highest BCUT2D eigenvalue weighted by Gasteiger charge is 2.38. The molecular weight excluding hydrogens is 212 g/mol. The van der Waals surface area contributed by atoms with Gasteiger partial charge in [0.1, 0.15) is 6.10 Å². The zero-order chi connectivity index (χ0) is 11.4. The number of carbonyl (C=O) groups is 1. The summed E-state index contributed by atoms with van der Waals surface area (Å²) in [4.78, 5) is 11.3. The molecule has 0 N–H and O–H groups in total. The number of hydrogen-bond donors (Lipinski definition) is 0. The molecule has 1 saturated heterocycles. The van der Waals surface area contributed by atoms with E-state index in [9.17, 15) is 4.79 Å². The van der Waals surface area contributed by atoms with Crippen LogP contribution in [0.5, 0.6) is 0 Å². The van der Waals surface area contributed by atoms with Crippen LogP contribution in [0, 0.1) is 5.92 Å². The van der Waals surface area contributed by atoms with Crippen molar-refractivity contribution in [3.63, 3.8) is 0 Å². The van der Waals surface area contributed by atoms with Crippen LogP contribution in [-0.2, 0) is 9.53 Å². The van der Waals surface area contributed by atoms with Crippen LogP contribution in [0.1, 0.15) is 46.5 Å². The standard InChI is InChI=1S/C12H19ClO2/c1-4-5-6-9(13)11-10(7-8(2)3)15-12(11)14/h8,10H,4-7H2,1-3H3/b11-9-. The van der Waals surface area contributed by atoms with E-state index >= 15 is 0 Å². The zero-order valence-corrected chi connectivity index (χ0v) is 10.4. The molecule has 86 valence electrons. The van der Waals surface area contributed by atoms with Crippen molar-refractivity contribution in [1.82, 2.24) is 0 Å². The summed E-state index contributed by atoms with van der Waals surface area (Å²) in [7, 11) is 0. The third-order valence-corrected chi connectivity index (χ3v) is 2.91. The van der Waals surface area contributed by atoms with E-state index in [2.05, 4.69) is 20.8 Å². The lowest BCUT2D eigenvalue weighted by molar-refractivity contribution is -0.157. The average Bonchev–Trinajstić information content (AvgIpc) is 2.12. The lowest BCUT2D eigenvalue weighted by Gasteiger charge is -2.31. The summed E-state index contributed by atoms with van der Waals surface area (Å²) in [5.74, 6) is 0.301. The lowest BCUT2D eigenvalue weighted by atomic mass is 9.94. The second kappa shape index (κ2) is 5.55. The van der Waals surface area contributed by atoms with Gasteiger partial charge in [0.05, 0.1) is 5.57 Å². The van der Waals surface area contributed by atoms with Gasteiger partial charge in [-0.05, 0) is 25.2 Å². The fourth-order valence-corrected chi connectivity index (χ4v) is 2.00. The molecule has 0 bridgehead atoms. The Labute approximate surface area is 96.6 Å². The number of halogens is 1. The second-order valence-electron chi connectivity index (χ2n) is 4.45. The first-order valence-corrected chi connectivity index (χ1v) is 6.03. The third-order valence-electron chi connectivity index (χ3n) is 2.52. The van der Waals surface area contributed by atoms with E-state index in [0.717, 1.165) is 31.3 Å². The molecule has 0 amide bonds. The molecule has 0 aromatic heterocycles. The Morgan fingerprint density at radius 2 is 2.20 bits per heavy atom. The first-order valence-electron chi connectivity index (χ1n) is 5.65. The molecule has 0 aliphatic carbocycles. The van der Waals surface area contributed by atoms with Crippen molar-refractivity contribution in [2.75, 3.05) is 0 Å². The molecule has 0 radical (unpaired) electrons. The molecule has 1 unspecified atom stereocenters. The first-order chi connectivity index (χ1) is 7.06. The topological polar surface area (TPSA) is 26.3 Å². The summed E-state index contributed by atoms with van der Waals surface area (Å²) in [5, 5.41) is 0.707. The number of carbonyl (C=O) groups excluding carboxylic acids is 1. The lowest BCUT2D eigenvalue weighted by Crippen LogP contribution is -2.38. The van der Waals surface area contributed by atoms with E-state index in [1.807, 2.05) is 0 Å². The van der Waals surface area contributed by atoms with Crippen LogP contribution < -0.4 is 0 Å². The van der Waals surface area contributed by atoms with Gasteiger partial charge in [-0.1, -0.05) is 38.8 Å². The molecule has 15 heavy (non-hydrogen) atoms. The van der Waals surface area contributed by atoms with E-state index in [-0.39, 0.29) is 12.1 Å². The molecular formula is C12H19ClO2. The minimum absolute atomic E-state index is 0.0538. The molecule has 0 saturated carbocycles. The Balaban J connectivity index is 2.60. The van der Waals surface area contributed by atoms with Gasteiger partial charge >= 0.3 is 5.97 Å². The average molecular weight is 231 g/mol. The van der Waals surface area contributed by atoms with Crippen LogP contribution in [0.4, 0.5) is 0 Å². The monoisotopic (exact) mass is 230 g/mol. The van der Waals surface area contributed by atoms with E-state index in [0.29, 0.717) is 11.0 Å². The minimum Gasteiger partial charge on any atom is -0.454 e. The summed E-state index contributed by atoms with van der Waals surface area (Å²) < 4.78 is 5.08. The van der Waals surface area contributed by atoms with Crippen molar-refractivity contribution in [3.05, 3.63) is 10.6 Å². The van der Waals surface area contributed by atoms with Gasteiger partial charge in [0.2, 0.25) is 0 Å². The maximum Gasteiger partial charge on any atom is 0.339 e. The number of unbranched alkanes of at least 4 members (excludes halogenated alkanes) is 1. The van der Waals surface area contributed by atoms with Crippen LogP contribution in [0.25, 0.3) is 0 Å². The highest BCUT2D eigenvalue weighted by Crippen LogP contribution is 2.33. The molecule has 1 atom stereocenters. The zero-order valence-electron chi connectivity index (χ0n) is 9.68. The van der Waals surface area contributed by atoms with Crippen LogP contribution in [0.15, 0.2) is 10.6 Å². The minimum atomic E-state index is -0.221. The first kappa shape index (κ1) is 12.6. The summed E-state index contributed by atoms with van der Waals surface area (Å²) in [6.45, 7) is 6.34. The van der Waals surface area contributed by atoms with Gasteiger partial charge in [-0.3, -0.25) is 0 Å². The number of hydrogen-bond acceptors (Lipinski definition) is 2. The Bertz CT molecular complexity index is 269. The van der Waals surface area contributed by atoms with Gasteiger partial charge in [-0.25, -0.2) is 4.79 Å². The summed E-state index contributed by atoms with van der Waals surface area (Å²) >= 11 is 6.11. The van der Waals surface area contributed by atoms with Gasteiger partial charge in [0.15, 0.2) is 0 Å². The number of rotatable bonds is 5. The molecule has 3 heteroatoms. The van der Waals surface area contributed by atoms with Crippen LogP contribution in [0.2, 0.25) is 0 Å². The number of ether oxygens (including phenoxy) is 1. The smallest absolute Gasteiger partial charge is 0.339 e. The van der Waals surface area contributed by atoms with Crippen molar-refractivity contribution in [2.45, 2.75) is 52.6 Å². The fraction of sp³-hybridized carbons (Fsp3) is 0.750. The van der Waals surface area contributed by atoms with Crippen molar-refractivity contribution >= 4 is 17.6 Å². The fourth-order valence-electron chi connectivity index (χ4n) is 1.67.